The van der Waals surface area contributed by atoms with E-state index >= 15 is 0 Å². The van der Waals surface area contributed by atoms with E-state index in [0.29, 0.717) is 23.2 Å². The van der Waals surface area contributed by atoms with Crippen LogP contribution in [0.25, 0.3) is 0 Å². The highest BCUT2D eigenvalue weighted by atomic mass is 16.1. The van der Waals surface area contributed by atoms with Crippen LogP contribution in [-0.4, -0.2) is 19.0 Å². The van der Waals surface area contributed by atoms with Crippen LogP contribution in [0.15, 0.2) is 18.2 Å². The SMILES string of the molecule is CNC(=O)c1ccc(NC2CCCC2C)c(N)c1. The van der Waals surface area contributed by atoms with Gasteiger partial charge in [-0.25, -0.2) is 0 Å². The van der Waals surface area contributed by atoms with Crippen LogP contribution in [0.5, 0.6) is 0 Å². The Morgan fingerprint density at radius 3 is 2.72 bits per heavy atom. The lowest BCUT2D eigenvalue weighted by atomic mass is 10.1. The van der Waals surface area contributed by atoms with E-state index in [1.165, 1.54) is 19.3 Å². The number of hydrogen-bond acceptors (Lipinski definition) is 3. The van der Waals surface area contributed by atoms with Crippen molar-refractivity contribution in [2.45, 2.75) is 32.2 Å². The van der Waals surface area contributed by atoms with Crippen LogP contribution in [0.1, 0.15) is 36.5 Å². The Balaban J connectivity index is 2.12. The molecule has 4 N–H and O–H groups in total. The van der Waals surface area contributed by atoms with Gasteiger partial charge in [-0.2, -0.15) is 0 Å². The van der Waals surface area contributed by atoms with Crippen LogP contribution in [-0.2, 0) is 0 Å². The van der Waals surface area contributed by atoms with Gasteiger partial charge >= 0.3 is 0 Å². The van der Waals surface area contributed by atoms with Gasteiger partial charge in [0, 0.05) is 18.7 Å². The standard InChI is InChI=1S/C14H21N3O/c1-9-4-3-5-12(9)17-13-7-6-10(8-11(13)15)14(18)16-2/h6-9,12,17H,3-5,15H2,1-2H3,(H,16,18). The highest BCUT2D eigenvalue weighted by Gasteiger charge is 2.23. The molecule has 1 aromatic carbocycles. The first kappa shape index (κ1) is 12.7. The summed E-state index contributed by atoms with van der Waals surface area (Å²) >= 11 is 0. The molecule has 4 nitrogen and oxygen atoms in total. The molecular weight excluding hydrogens is 226 g/mol. The molecule has 0 radical (unpaired) electrons. The average molecular weight is 247 g/mol. The van der Waals surface area contributed by atoms with E-state index in [9.17, 15) is 4.79 Å². The Morgan fingerprint density at radius 2 is 2.17 bits per heavy atom. The number of hydrogen-bond donors (Lipinski definition) is 3. The summed E-state index contributed by atoms with van der Waals surface area (Å²) in [5, 5.41) is 6.08. The van der Waals surface area contributed by atoms with Gasteiger partial charge in [0.2, 0.25) is 0 Å². The topological polar surface area (TPSA) is 67.2 Å². The van der Waals surface area contributed by atoms with Crippen molar-refractivity contribution < 1.29 is 4.79 Å². The molecule has 98 valence electrons. The summed E-state index contributed by atoms with van der Waals surface area (Å²) in [6.07, 6.45) is 3.74. The van der Waals surface area contributed by atoms with Crippen molar-refractivity contribution in [3.8, 4) is 0 Å². The molecule has 4 heteroatoms. The molecule has 0 spiro atoms. The highest BCUT2D eigenvalue weighted by Crippen LogP contribution is 2.30. The normalized spacial score (nSPS) is 22.8. The maximum atomic E-state index is 11.5. The second kappa shape index (κ2) is 5.29. The van der Waals surface area contributed by atoms with Gasteiger partial charge in [0.05, 0.1) is 11.4 Å². The molecular formula is C14H21N3O. The van der Waals surface area contributed by atoms with E-state index < -0.39 is 0 Å². The zero-order valence-electron chi connectivity index (χ0n) is 11.0. The third kappa shape index (κ3) is 2.58. The predicted octanol–water partition coefficient (Wildman–Crippen LogP) is 2.23. The molecule has 1 aromatic rings. The number of anilines is 2. The Kier molecular flexibility index (Phi) is 3.75. The van der Waals surface area contributed by atoms with Gasteiger partial charge in [-0.1, -0.05) is 13.3 Å². The summed E-state index contributed by atoms with van der Waals surface area (Å²) in [5.74, 6) is 0.575. The van der Waals surface area contributed by atoms with Crippen molar-refractivity contribution >= 4 is 17.3 Å². The molecule has 0 aromatic heterocycles. The maximum absolute atomic E-state index is 11.5. The van der Waals surface area contributed by atoms with Gasteiger partial charge in [0.1, 0.15) is 0 Å². The van der Waals surface area contributed by atoms with Crippen LogP contribution in [0.3, 0.4) is 0 Å². The molecule has 0 saturated heterocycles. The second-order valence-electron chi connectivity index (χ2n) is 5.04. The molecule has 1 fully saturated rings. The summed E-state index contributed by atoms with van der Waals surface area (Å²) in [4.78, 5) is 11.5. The molecule has 0 heterocycles. The average Bonchev–Trinajstić information content (AvgIpc) is 2.76. The molecule has 1 aliphatic carbocycles. The van der Waals surface area contributed by atoms with Gasteiger partial charge in [-0.15, -0.1) is 0 Å². The van der Waals surface area contributed by atoms with Crippen molar-refractivity contribution in [1.82, 2.24) is 5.32 Å². The molecule has 1 amide bonds. The summed E-state index contributed by atoms with van der Waals surface area (Å²) in [7, 11) is 1.62. The first-order chi connectivity index (χ1) is 8.61. The lowest BCUT2D eigenvalue weighted by Gasteiger charge is -2.20. The predicted molar refractivity (Wildman–Crippen MR) is 74.7 cm³/mol. The Morgan fingerprint density at radius 1 is 1.39 bits per heavy atom. The minimum atomic E-state index is -0.109. The Bertz CT molecular complexity index is 445. The molecule has 1 aliphatic rings. The van der Waals surface area contributed by atoms with E-state index in [1.54, 1.807) is 19.2 Å². The summed E-state index contributed by atoms with van der Waals surface area (Å²) in [6.45, 7) is 2.26. The monoisotopic (exact) mass is 247 g/mol. The Hall–Kier alpha value is -1.71. The van der Waals surface area contributed by atoms with E-state index in [0.717, 1.165) is 5.69 Å². The van der Waals surface area contributed by atoms with Crippen molar-refractivity contribution in [2.24, 2.45) is 5.92 Å². The molecule has 0 aliphatic heterocycles. The van der Waals surface area contributed by atoms with Crippen molar-refractivity contribution in [1.29, 1.82) is 0 Å². The van der Waals surface area contributed by atoms with E-state index in [1.807, 2.05) is 6.07 Å². The fraction of sp³-hybridized carbons (Fsp3) is 0.500. The lowest BCUT2D eigenvalue weighted by Crippen LogP contribution is -2.23. The fourth-order valence-corrected chi connectivity index (χ4v) is 2.54. The summed E-state index contributed by atoms with van der Waals surface area (Å²) in [6, 6.07) is 5.92. The second-order valence-corrected chi connectivity index (χ2v) is 5.04. The van der Waals surface area contributed by atoms with Crippen LogP contribution in [0, 0.1) is 5.92 Å². The Labute approximate surface area is 108 Å². The number of nitrogens with one attached hydrogen (secondary N) is 2. The van der Waals surface area contributed by atoms with Gasteiger partial charge < -0.3 is 16.4 Å². The molecule has 18 heavy (non-hydrogen) atoms. The highest BCUT2D eigenvalue weighted by molar-refractivity contribution is 5.95. The number of rotatable bonds is 3. The van der Waals surface area contributed by atoms with Crippen molar-refractivity contribution in [3.63, 3.8) is 0 Å². The van der Waals surface area contributed by atoms with E-state index in [4.69, 9.17) is 5.73 Å². The maximum Gasteiger partial charge on any atom is 0.251 e. The number of nitrogen functional groups attached to an aromatic ring is 1. The first-order valence-electron chi connectivity index (χ1n) is 6.50. The van der Waals surface area contributed by atoms with Crippen molar-refractivity contribution in [3.05, 3.63) is 23.8 Å². The van der Waals surface area contributed by atoms with Crippen LogP contribution in [0.4, 0.5) is 11.4 Å². The third-order valence-corrected chi connectivity index (χ3v) is 3.74. The largest absolute Gasteiger partial charge is 0.397 e. The number of nitrogens with two attached hydrogens (primary N) is 1. The molecule has 2 unspecified atom stereocenters. The third-order valence-electron chi connectivity index (χ3n) is 3.74. The molecule has 0 bridgehead atoms. The number of carbonyl (C=O) groups excluding carboxylic acids is 1. The smallest absolute Gasteiger partial charge is 0.251 e. The minimum Gasteiger partial charge on any atom is -0.397 e. The number of carbonyl (C=O) groups is 1. The zero-order chi connectivity index (χ0) is 13.1. The van der Waals surface area contributed by atoms with Crippen LogP contribution < -0.4 is 16.4 Å². The van der Waals surface area contributed by atoms with Crippen LogP contribution >= 0.6 is 0 Å². The number of benzene rings is 1. The fourth-order valence-electron chi connectivity index (χ4n) is 2.54. The number of amides is 1. The minimum absolute atomic E-state index is 0.109. The van der Waals surface area contributed by atoms with Gasteiger partial charge in [-0.3, -0.25) is 4.79 Å². The van der Waals surface area contributed by atoms with Gasteiger partial charge in [0.25, 0.3) is 5.91 Å². The molecule has 2 atom stereocenters. The van der Waals surface area contributed by atoms with Gasteiger partial charge in [-0.05, 0) is 37.0 Å². The van der Waals surface area contributed by atoms with Crippen LogP contribution in [0.2, 0.25) is 0 Å². The van der Waals surface area contributed by atoms with Gasteiger partial charge in [0.15, 0.2) is 0 Å². The zero-order valence-corrected chi connectivity index (χ0v) is 11.0. The van der Waals surface area contributed by atoms with E-state index in [2.05, 4.69) is 17.6 Å². The van der Waals surface area contributed by atoms with E-state index in [-0.39, 0.29) is 5.91 Å². The summed E-state index contributed by atoms with van der Waals surface area (Å²) < 4.78 is 0. The first-order valence-corrected chi connectivity index (χ1v) is 6.50. The van der Waals surface area contributed by atoms with Crippen molar-refractivity contribution in [2.75, 3.05) is 18.1 Å². The quantitative estimate of drug-likeness (QED) is 0.717. The summed E-state index contributed by atoms with van der Waals surface area (Å²) in [5.41, 5.74) is 8.16. The molecule has 2 rings (SSSR count). The lowest BCUT2D eigenvalue weighted by molar-refractivity contribution is 0.0963. The molecule has 1 saturated carbocycles.